The summed E-state index contributed by atoms with van der Waals surface area (Å²) in [5.41, 5.74) is -0.148. The van der Waals surface area contributed by atoms with Crippen molar-refractivity contribution in [3.05, 3.63) is 65.4 Å². The number of benzene rings is 1. The maximum absolute atomic E-state index is 14.0. The number of nitrogens with zero attached hydrogens (tertiary/aromatic N) is 5. The van der Waals surface area contributed by atoms with Crippen LogP contribution in [-0.2, 0) is 6.18 Å². The number of carbonyl (C=O) groups excluding carboxylic acids is 1. The predicted molar refractivity (Wildman–Crippen MR) is 112 cm³/mol. The van der Waals surface area contributed by atoms with Crippen LogP contribution in [0.4, 0.5) is 23.5 Å². The summed E-state index contributed by atoms with van der Waals surface area (Å²) in [4.78, 5) is 28.7. The van der Waals surface area contributed by atoms with Crippen LogP contribution in [-0.4, -0.2) is 53.2 Å². The van der Waals surface area contributed by atoms with Crippen molar-refractivity contribution in [2.45, 2.75) is 12.3 Å². The molecule has 0 bridgehead atoms. The molecule has 3 unspecified atom stereocenters. The van der Waals surface area contributed by atoms with Gasteiger partial charge in [-0.1, -0.05) is 6.07 Å². The summed E-state index contributed by atoms with van der Waals surface area (Å²) < 4.78 is 53.0. The van der Waals surface area contributed by atoms with Gasteiger partial charge in [0.2, 0.25) is 5.95 Å². The third-order valence-corrected chi connectivity index (χ3v) is 6.20. The molecule has 0 saturated carbocycles. The Bertz CT molecular complexity index is 1120. The van der Waals surface area contributed by atoms with Gasteiger partial charge in [0.05, 0.1) is 0 Å². The van der Waals surface area contributed by atoms with E-state index in [-0.39, 0.29) is 29.3 Å². The molecule has 3 aliphatic heterocycles. The molecule has 1 aromatic heterocycles. The zero-order valence-electron chi connectivity index (χ0n) is 17.3. The second-order valence-corrected chi connectivity index (χ2v) is 8.33. The van der Waals surface area contributed by atoms with E-state index in [1.165, 1.54) is 12.1 Å². The molecule has 3 atom stereocenters. The van der Waals surface area contributed by atoms with Gasteiger partial charge in [-0.05, 0) is 30.5 Å². The number of hydrogen-bond donors (Lipinski definition) is 1. The van der Waals surface area contributed by atoms with Crippen LogP contribution in [0.5, 0.6) is 0 Å². The van der Waals surface area contributed by atoms with Crippen LogP contribution in [0.25, 0.3) is 0 Å². The Morgan fingerprint density at radius 1 is 1.09 bits per heavy atom. The zero-order chi connectivity index (χ0) is 23.2. The van der Waals surface area contributed by atoms with Gasteiger partial charge in [-0.3, -0.25) is 9.79 Å². The fourth-order valence-electron chi connectivity index (χ4n) is 4.64. The van der Waals surface area contributed by atoms with Crippen LogP contribution >= 0.6 is 0 Å². The molecular weight excluding hydrogens is 440 g/mol. The van der Waals surface area contributed by atoms with Crippen molar-refractivity contribution in [1.29, 1.82) is 0 Å². The molecule has 1 amide bonds. The van der Waals surface area contributed by atoms with Gasteiger partial charge in [0.15, 0.2) is 0 Å². The lowest BCUT2D eigenvalue weighted by Gasteiger charge is -2.24. The zero-order valence-corrected chi connectivity index (χ0v) is 17.3. The van der Waals surface area contributed by atoms with Crippen molar-refractivity contribution in [2.24, 2.45) is 16.8 Å². The number of allylic oxidation sites excluding steroid dienone is 1. The summed E-state index contributed by atoms with van der Waals surface area (Å²) in [5.74, 6) is -0.619. The molecule has 3 aliphatic rings. The van der Waals surface area contributed by atoms with E-state index in [0.717, 1.165) is 12.3 Å². The number of fused-ring (bicyclic) bond motifs is 1. The number of hydrogen-bond acceptors (Lipinski definition) is 6. The van der Waals surface area contributed by atoms with Crippen LogP contribution < -0.4 is 10.2 Å². The minimum absolute atomic E-state index is 0.0406. The summed E-state index contributed by atoms with van der Waals surface area (Å²) in [5, 5.41) is 3.05. The first kappa shape index (κ1) is 21.4. The van der Waals surface area contributed by atoms with Crippen LogP contribution in [0.2, 0.25) is 0 Å². The molecule has 2 aromatic rings. The van der Waals surface area contributed by atoms with E-state index in [4.69, 9.17) is 0 Å². The van der Waals surface area contributed by atoms with Gasteiger partial charge in [-0.25, -0.2) is 14.4 Å². The summed E-state index contributed by atoms with van der Waals surface area (Å²) in [6, 6.07) is 4.93. The Morgan fingerprint density at radius 2 is 1.85 bits per heavy atom. The highest BCUT2D eigenvalue weighted by Gasteiger charge is 2.43. The molecule has 1 aromatic carbocycles. The molecule has 7 nitrogen and oxygen atoms in total. The summed E-state index contributed by atoms with van der Waals surface area (Å²) >= 11 is 0. The molecule has 172 valence electrons. The lowest BCUT2D eigenvalue weighted by atomic mass is 10.0. The smallest absolute Gasteiger partial charge is 0.366 e. The van der Waals surface area contributed by atoms with Gasteiger partial charge < -0.3 is 15.1 Å². The van der Waals surface area contributed by atoms with E-state index < -0.39 is 23.9 Å². The Morgan fingerprint density at radius 3 is 2.52 bits per heavy atom. The van der Waals surface area contributed by atoms with E-state index in [1.54, 1.807) is 34.4 Å². The molecule has 0 aliphatic carbocycles. The van der Waals surface area contributed by atoms with Crippen molar-refractivity contribution < 1.29 is 22.4 Å². The number of aliphatic imine (C=N–C) groups is 1. The summed E-state index contributed by atoms with van der Waals surface area (Å²) in [6.45, 7) is 1.75. The first-order chi connectivity index (χ1) is 15.8. The average Bonchev–Trinajstić information content (AvgIpc) is 3.38. The Hall–Kier alpha value is -3.50. The van der Waals surface area contributed by atoms with Crippen molar-refractivity contribution in [3.63, 3.8) is 0 Å². The van der Waals surface area contributed by atoms with Crippen molar-refractivity contribution in [3.8, 4) is 0 Å². The fraction of sp³-hybridized carbons (Fsp3) is 0.364. The average molecular weight is 460 g/mol. The van der Waals surface area contributed by atoms with Gasteiger partial charge in [0.25, 0.3) is 5.91 Å². The van der Waals surface area contributed by atoms with E-state index in [0.29, 0.717) is 31.7 Å². The Balaban J connectivity index is 1.30. The third kappa shape index (κ3) is 4.14. The van der Waals surface area contributed by atoms with E-state index in [1.807, 2.05) is 0 Å². The largest absolute Gasteiger partial charge is 0.433 e. The van der Waals surface area contributed by atoms with Crippen molar-refractivity contribution in [1.82, 2.24) is 20.2 Å². The number of nitrogens with one attached hydrogen (secondary N) is 1. The number of anilines is 1. The number of rotatable bonds is 3. The number of amides is 1. The minimum Gasteiger partial charge on any atom is -0.366 e. The van der Waals surface area contributed by atoms with Crippen LogP contribution in [0.15, 0.2) is 47.7 Å². The molecule has 11 heteroatoms. The monoisotopic (exact) mass is 460 g/mol. The highest BCUT2D eigenvalue weighted by atomic mass is 19.4. The number of alkyl halides is 3. The van der Waals surface area contributed by atoms with Gasteiger partial charge in [0.1, 0.15) is 17.7 Å². The molecule has 5 rings (SSSR count). The van der Waals surface area contributed by atoms with E-state index in [2.05, 4.69) is 20.3 Å². The van der Waals surface area contributed by atoms with Gasteiger partial charge >= 0.3 is 6.18 Å². The van der Waals surface area contributed by atoms with Crippen LogP contribution in [0, 0.1) is 17.7 Å². The molecule has 1 N–H and O–H groups in total. The number of likely N-dealkylation sites (tertiary alicyclic amines) is 1. The number of carbonyl (C=O) groups is 1. The van der Waals surface area contributed by atoms with Crippen molar-refractivity contribution >= 4 is 18.1 Å². The van der Waals surface area contributed by atoms with E-state index in [9.17, 15) is 22.4 Å². The molecule has 33 heavy (non-hydrogen) atoms. The van der Waals surface area contributed by atoms with Gasteiger partial charge in [-0.15, -0.1) is 0 Å². The molecule has 2 fully saturated rings. The lowest BCUT2D eigenvalue weighted by molar-refractivity contribution is -0.141. The molecule has 0 radical (unpaired) electrons. The normalized spacial score (nSPS) is 24.2. The first-order valence-corrected chi connectivity index (χ1v) is 10.5. The SMILES string of the molecule is O=C(c1cc(F)ccc1C1N=CC=CN1)N1CC2CN(c3nccc(C(F)(F)F)n3)CC2C1. The standard InChI is InChI=1S/C22H20F4N6O/c23-15-2-3-16(19-27-5-1-6-28-19)17(8-15)20(33)31-9-13-11-32(12-14(13)10-31)21-29-7-4-18(30-21)22(24,25)26/h1-8,13-14,19,27H,9-12H2. The Labute approximate surface area is 186 Å². The summed E-state index contributed by atoms with van der Waals surface area (Å²) in [6.07, 6.45) is 1.14. The fourth-order valence-corrected chi connectivity index (χ4v) is 4.64. The summed E-state index contributed by atoms with van der Waals surface area (Å²) in [7, 11) is 0. The van der Waals surface area contributed by atoms with Gasteiger partial charge in [0, 0.05) is 61.6 Å². The van der Waals surface area contributed by atoms with Gasteiger partial charge in [-0.2, -0.15) is 13.2 Å². The topological polar surface area (TPSA) is 73.7 Å². The quantitative estimate of drug-likeness (QED) is 0.713. The second-order valence-electron chi connectivity index (χ2n) is 8.33. The maximum atomic E-state index is 14.0. The van der Waals surface area contributed by atoms with Crippen LogP contribution in [0.3, 0.4) is 0 Å². The second kappa shape index (κ2) is 8.13. The highest BCUT2D eigenvalue weighted by molar-refractivity contribution is 5.96. The molecular formula is C22H20F4N6O. The minimum atomic E-state index is -4.54. The van der Waals surface area contributed by atoms with E-state index >= 15 is 0 Å². The molecule has 2 saturated heterocycles. The maximum Gasteiger partial charge on any atom is 0.433 e. The number of aromatic nitrogens is 2. The molecule has 0 spiro atoms. The first-order valence-electron chi connectivity index (χ1n) is 10.5. The predicted octanol–water partition coefficient (Wildman–Crippen LogP) is 3.03. The molecule has 4 heterocycles. The number of halogens is 4. The highest BCUT2D eigenvalue weighted by Crippen LogP contribution is 2.35. The third-order valence-electron chi connectivity index (χ3n) is 6.20. The lowest BCUT2D eigenvalue weighted by Crippen LogP contribution is -2.35. The Kier molecular flexibility index (Phi) is 5.26. The van der Waals surface area contributed by atoms with Crippen molar-refractivity contribution in [2.75, 3.05) is 31.1 Å². The van der Waals surface area contributed by atoms with Crippen LogP contribution in [0.1, 0.15) is 27.8 Å².